The zero-order valence-electron chi connectivity index (χ0n) is 13.5. The zero-order valence-corrected chi connectivity index (χ0v) is 14.3. The third-order valence-electron chi connectivity index (χ3n) is 4.68. The Labute approximate surface area is 137 Å². The third kappa shape index (κ3) is 3.13. The van der Waals surface area contributed by atoms with Crippen LogP contribution in [0.4, 0.5) is 5.69 Å². The number of hydrogen-bond donors (Lipinski definition) is 2. The van der Waals surface area contributed by atoms with Gasteiger partial charge in [-0.15, -0.1) is 0 Å². The Morgan fingerprint density at radius 3 is 2.74 bits per heavy atom. The standard InChI is InChI=1S/C16H23N3O3S/c1-11-3-6-15(9-16(11)18-12(2)20)23(21,22)19-13-4-5-14(19)10-17-8-7-13/h3,6,9,13-14,17H,4-5,7-8,10H2,1-2H3,(H,18,20). The zero-order chi connectivity index (χ0) is 16.6. The van der Waals surface area contributed by atoms with Gasteiger partial charge in [0.25, 0.3) is 0 Å². The van der Waals surface area contributed by atoms with Gasteiger partial charge in [-0.25, -0.2) is 8.42 Å². The number of hydrogen-bond acceptors (Lipinski definition) is 4. The molecular formula is C16H23N3O3S. The van der Waals surface area contributed by atoms with Gasteiger partial charge in [0.15, 0.2) is 0 Å². The molecule has 2 N–H and O–H groups in total. The van der Waals surface area contributed by atoms with Crippen LogP contribution in [-0.4, -0.2) is 43.8 Å². The molecule has 0 radical (unpaired) electrons. The van der Waals surface area contributed by atoms with Gasteiger partial charge < -0.3 is 10.6 Å². The van der Waals surface area contributed by atoms with Crippen molar-refractivity contribution in [1.82, 2.24) is 9.62 Å². The number of amides is 1. The maximum absolute atomic E-state index is 13.1. The summed E-state index contributed by atoms with van der Waals surface area (Å²) in [5, 5.41) is 6.02. The van der Waals surface area contributed by atoms with Gasteiger partial charge in [0.05, 0.1) is 4.90 Å². The quantitative estimate of drug-likeness (QED) is 0.875. The van der Waals surface area contributed by atoms with E-state index in [0.717, 1.165) is 31.4 Å². The Kier molecular flexibility index (Phi) is 4.44. The Bertz CT molecular complexity index is 703. The number of benzene rings is 1. The molecule has 0 aromatic heterocycles. The second-order valence-electron chi connectivity index (χ2n) is 6.37. The maximum Gasteiger partial charge on any atom is 0.243 e. The van der Waals surface area contributed by atoms with Crippen LogP contribution >= 0.6 is 0 Å². The van der Waals surface area contributed by atoms with Crippen LogP contribution in [-0.2, 0) is 14.8 Å². The lowest BCUT2D eigenvalue weighted by Crippen LogP contribution is -2.42. The van der Waals surface area contributed by atoms with E-state index in [1.807, 2.05) is 6.92 Å². The summed E-state index contributed by atoms with van der Waals surface area (Å²) in [4.78, 5) is 11.6. The topological polar surface area (TPSA) is 78.5 Å². The fraction of sp³-hybridized carbons (Fsp3) is 0.562. The number of anilines is 1. The molecule has 3 rings (SSSR count). The molecule has 6 nitrogen and oxygen atoms in total. The van der Waals surface area contributed by atoms with Gasteiger partial charge in [-0.3, -0.25) is 4.79 Å². The van der Waals surface area contributed by atoms with Crippen molar-refractivity contribution >= 4 is 21.6 Å². The number of rotatable bonds is 3. The predicted octanol–water partition coefficient (Wildman–Crippen LogP) is 1.47. The molecule has 0 spiro atoms. The molecule has 0 saturated carbocycles. The molecule has 2 unspecified atom stereocenters. The lowest BCUT2D eigenvalue weighted by molar-refractivity contribution is -0.114. The van der Waals surface area contributed by atoms with Gasteiger partial charge in [0.2, 0.25) is 15.9 Å². The Morgan fingerprint density at radius 2 is 2.00 bits per heavy atom. The first-order chi connectivity index (χ1) is 10.9. The van der Waals surface area contributed by atoms with E-state index >= 15 is 0 Å². The molecule has 7 heteroatoms. The number of nitrogens with zero attached hydrogens (tertiary/aromatic N) is 1. The van der Waals surface area contributed by atoms with Crippen LogP contribution in [0.1, 0.15) is 31.7 Å². The minimum atomic E-state index is -3.55. The fourth-order valence-corrected chi connectivity index (χ4v) is 5.46. The average Bonchev–Trinajstić information content (AvgIpc) is 2.74. The van der Waals surface area contributed by atoms with Crippen LogP contribution in [0.15, 0.2) is 23.1 Å². The second-order valence-corrected chi connectivity index (χ2v) is 8.21. The summed E-state index contributed by atoms with van der Waals surface area (Å²) in [5.74, 6) is -0.207. The van der Waals surface area contributed by atoms with Crippen LogP contribution in [0, 0.1) is 6.92 Å². The Morgan fingerprint density at radius 1 is 1.26 bits per heavy atom. The molecular weight excluding hydrogens is 314 g/mol. The molecule has 2 fully saturated rings. The Hall–Kier alpha value is -1.44. The summed E-state index contributed by atoms with van der Waals surface area (Å²) >= 11 is 0. The van der Waals surface area contributed by atoms with Crippen LogP contribution in [0.3, 0.4) is 0 Å². The molecule has 2 bridgehead atoms. The van der Waals surface area contributed by atoms with Gasteiger partial charge in [0.1, 0.15) is 0 Å². The summed E-state index contributed by atoms with van der Waals surface area (Å²) in [6.07, 6.45) is 2.68. The highest BCUT2D eigenvalue weighted by Crippen LogP contribution is 2.34. The molecule has 126 valence electrons. The number of sulfonamides is 1. The van der Waals surface area contributed by atoms with Crippen molar-refractivity contribution in [2.75, 3.05) is 18.4 Å². The molecule has 1 amide bonds. The number of aryl methyl sites for hydroxylation is 1. The van der Waals surface area contributed by atoms with Crippen molar-refractivity contribution in [2.24, 2.45) is 0 Å². The second kappa shape index (κ2) is 6.22. The highest BCUT2D eigenvalue weighted by Gasteiger charge is 2.43. The van der Waals surface area contributed by atoms with Crippen molar-refractivity contribution in [3.63, 3.8) is 0 Å². The van der Waals surface area contributed by atoms with Gasteiger partial charge in [-0.1, -0.05) is 6.07 Å². The summed E-state index contributed by atoms with van der Waals surface area (Å²) in [6.45, 7) is 4.83. The van der Waals surface area contributed by atoms with Crippen molar-refractivity contribution in [1.29, 1.82) is 0 Å². The molecule has 2 aliphatic rings. The molecule has 0 aliphatic carbocycles. The summed E-state index contributed by atoms with van der Waals surface area (Å²) in [6, 6.07) is 5.05. The highest BCUT2D eigenvalue weighted by molar-refractivity contribution is 7.89. The van der Waals surface area contributed by atoms with Crippen LogP contribution in [0.5, 0.6) is 0 Å². The van der Waals surface area contributed by atoms with E-state index in [0.29, 0.717) is 12.2 Å². The smallest absolute Gasteiger partial charge is 0.243 e. The van der Waals surface area contributed by atoms with Gasteiger partial charge in [-0.05, 0) is 50.4 Å². The molecule has 1 aromatic carbocycles. The SMILES string of the molecule is CC(=O)Nc1cc(S(=O)(=O)N2C3CCNCC2CC3)ccc1C. The number of carbonyl (C=O) groups excluding carboxylic acids is 1. The fourth-order valence-electron chi connectivity index (χ4n) is 3.54. The highest BCUT2D eigenvalue weighted by atomic mass is 32.2. The minimum absolute atomic E-state index is 0.0259. The number of nitrogens with one attached hydrogen (secondary N) is 2. The molecule has 2 heterocycles. The van der Waals surface area contributed by atoms with Crippen molar-refractivity contribution in [2.45, 2.75) is 50.1 Å². The van der Waals surface area contributed by atoms with E-state index in [-0.39, 0.29) is 22.9 Å². The number of fused-ring (bicyclic) bond motifs is 2. The third-order valence-corrected chi connectivity index (χ3v) is 6.68. The van der Waals surface area contributed by atoms with E-state index in [1.54, 1.807) is 22.5 Å². The van der Waals surface area contributed by atoms with E-state index in [1.165, 1.54) is 6.92 Å². The summed E-state index contributed by atoms with van der Waals surface area (Å²) in [5.41, 5.74) is 1.40. The minimum Gasteiger partial charge on any atom is -0.326 e. The molecule has 1 aromatic rings. The largest absolute Gasteiger partial charge is 0.326 e. The normalized spacial score (nSPS) is 25.1. The van der Waals surface area contributed by atoms with Crippen LogP contribution < -0.4 is 10.6 Å². The summed E-state index contributed by atoms with van der Waals surface area (Å²) < 4.78 is 28.0. The Balaban J connectivity index is 1.98. The monoisotopic (exact) mass is 337 g/mol. The molecule has 2 atom stereocenters. The first kappa shape index (κ1) is 16.4. The van der Waals surface area contributed by atoms with Gasteiger partial charge in [-0.2, -0.15) is 4.31 Å². The number of carbonyl (C=O) groups is 1. The molecule has 2 aliphatic heterocycles. The van der Waals surface area contributed by atoms with Crippen molar-refractivity contribution in [3.05, 3.63) is 23.8 Å². The lowest BCUT2D eigenvalue weighted by atomic mass is 10.1. The van der Waals surface area contributed by atoms with Crippen LogP contribution in [0.2, 0.25) is 0 Å². The van der Waals surface area contributed by atoms with Crippen LogP contribution in [0.25, 0.3) is 0 Å². The van der Waals surface area contributed by atoms with E-state index in [4.69, 9.17) is 0 Å². The summed E-state index contributed by atoms with van der Waals surface area (Å²) in [7, 11) is -3.55. The van der Waals surface area contributed by atoms with Gasteiger partial charge >= 0.3 is 0 Å². The molecule has 23 heavy (non-hydrogen) atoms. The first-order valence-electron chi connectivity index (χ1n) is 8.02. The van der Waals surface area contributed by atoms with Gasteiger partial charge in [0, 0.05) is 31.2 Å². The average molecular weight is 337 g/mol. The molecule has 2 saturated heterocycles. The predicted molar refractivity (Wildman–Crippen MR) is 88.8 cm³/mol. The first-order valence-corrected chi connectivity index (χ1v) is 9.46. The maximum atomic E-state index is 13.1. The van der Waals surface area contributed by atoms with E-state index in [2.05, 4.69) is 10.6 Å². The lowest BCUT2D eigenvalue weighted by Gasteiger charge is -2.27. The van der Waals surface area contributed by atoms with E-state index in [9.17, 15) is 13.2 Å². The van der Waals surface area contributed by atoms with Crippen molar-refractivity contribution in [3.8, 4) is 0 Å². The van der Waals surface area contributed by atoms with Crippen molar-refractivity contribution < 1.29 is 13.2 Å². The van der Waals surface area contributed by atoms with E-state index < -0.39 is 10.0 Å².